The first-order chi connectivity index (χ1) is 15.1. The number of anilines is 1. The Morgan fingerprint density at radius 3 is 2.65 bits per heavy atom. The lowest BCUT2D eigenvalue weighted by atomic mass is 9.91. The first-order valence-corrected chi connectivity index (χ1v) is 10.5. The summed E-state index contributed by atoms with van der Waals surface area (Å²) in [7, 11) is 3.27. The summed E-state index contributed by atoms with van der Waals surface area (Å²) in [4.78, 5) is 15.3. The SMILES string of the molecule is COc1cc2c(cc1OC)[C@H]1COc3c(cnn(Cc4ccc(Cl)cc4)c3=O)N1CC2. The van der Waals surface area contributed by atoms with E-state index in [1.54, 1.807) is 32.5 Å². The smallest absolute Gasteiger partial charge is 0.311 e. The topological polar surface area (TPSA) is 65.8 Å². The van der Waals surface area contributed by atoms with E-state index in [-0.39, 0.29) is 11.6 Å². The van der Waals surface area contributed by atoms with Crippen LogP contribution in [0.15, 0.2) is 47.4 Å². The largest absolute Gasteiger partial charge is 0.493 e. The molecule has 8 heteroatoms. The number of fused-ring (bicyclic) bond motifs is 5. The maximum atomic E-state index is 13.1. The number of hydrogen-bond acceptors (Lipinski definition) is 6. The van der Waals surface area contributed by atoms with Gasteiger partial charge in [-0.15, -0.1) is 0 Å². The Morgan fingerprint density at radius 2 is 1.90 bits per heavy atom. The Hall–Kier alpha value is -3.19. The molecule has 0 unspecified atom stereocenters. The van der Waals surface area contributed by atoms with Crippen LogP contribution in [0.4, 0.5) is 5.69 Å². The van der Waals surface area contributed by atoms with E-state index in [1.807, 2.05) is 24.3 Å². The fourth-order valence-corrected chi connectivity index (χ4v) is 4.46. The van der Waals surface area contributed by atoms with Gasteiger partial charge in [-0.3, -0.25) is 4.79 Å². The van der Waals surface area contributed by atoms with Gasteiger partial charge in [-0.25, -0.2) is 4.68 Å². The van der Waals surface area contributed by atoms with Gasteiger partial charge in [-0.2, -0.15) is 5.10 Å². The third kappa shape index (κ3) is 3.39. The maximum Gasteiger partial charge on any atom is 0.311 e. The number of ether oxygens (including phenoxy) is 3. The van der Waals surface area contributed by atoms with E-state index in [4.69, 9.17) is 25.8 Å². The van der Waals surface area contributed by atoms with Gasteiger partial charge in [0, 0.05) is 11.6 Å². The van der Waals surface area contributed by atoms with E-state index in [1.165, 1.54) is 10.2 Å². The van der Waals surface area contributed by atoms with Crippen molar-refractivity contribution in [3.63, 3.8) is 0 Å². The van der Waals surface area contributed by atoms with E-state index in [2.05, 4.69) is 10.00 Å². The molecule has 31 heavy (non-hydrogen) atoms. The number of methoxy groups -OCH3 is 2. The van der Waals surface area contributed by atoms with Crippen LogP contribution in [0, 0.1) is 0 Å². The number of benzene rings is 2. The van der Waals surface area contributed by atoms with Gasteiger partial charge in [0.2, 0.25) is 5.75 Å². The number of rotatable bonds is 4. The standard InChI is InChI=1S/C23H22ClN3O4/c1-29-20-9-15-7-8-26-18-11-25-27(12-14-3-5-16(24)6-4-14)23(28)22(18)31-13-19(26)17(15)10-21(20)30-2/h3-6,9-11,19H,7-8,12-13H2,1-2H3/t19-/m1/s1. The number of nitrogens with zero attached hydrogens (tertiary/aromatic N) is 3. The zero-order chi connectivity index (χ0) is 21.5. The second kappa shape index (κ2) is 7.81. The van der Waals surface area contributed by atoms with Gasteiger partial charge in [-0.05, 0) is 47.4 Å². The summed E-state index contributed by atoms with van der Waals surface area (Å²) < 4.78 is 18.4. The fraction of sp³-hybridized carbons (Fsp3) is 0.304. The number of aromatic nitrogens is 2. The van der Waals surface area contributed by atoms with Gasteiger partial charge in [0.05, 0.1) is 33.0 Å². The van der Waals surface area contributed by atoms with Gasteiger partial charge in [0.1, 0.15) is 12.3 Å². The first kappa shape index (κ1) is 19.8. The molecule has 7 nitrogen and oxygen atoms in total. The number of hydrogen-bond donors (Lipinski definition) is 0. The Bertz CT molecular complexity index is 1190. The zero-order valence-electron chi connectivity index (χ0n) is 17.3. The summed E-state index contributed by atoms with van der Waals surface area (Å²) in [5, 5.41) is 5.08. The minimum absolute atomic E-state index is 0.00984. The van der Waals surface area contributed by atoms with Crippen LogP contribution in [-0.4, -0.2) is 37.2 Å². The summed E-state index contributed by atoms with van der Waals surface area (Å²) in [6.45, 7) is 1.51. The van der Waals surface area contributed by atoms with E-state index in [9.17, 15) is 4.79 Å². The van der Waals surface area contributed by atoms with Crippen LogP contribution < -0.4 is 24.7 Å². The fourth-order valence-electron chi connectivity index (χ4n) is 4.34. The van der Waals surface area contributed by atoms with Crippen molar-refractivity contribution in [1.29, 1.82) is 0 Å². The summed E-state index contributed by atoms with van der Waals surface area (Å²) in [6, 6.07) is 11.4. The summed E-state index contributed by atoms with van der Waals surface area (Å²) in [5.74, 6) is 1.76. The third-order valence-corrected chi connectivity index (χ3v) is 6.18. The molecule has 0 radical (unpaired) electrons. The molecule has 0 N–H and O–H groups in total. The van der Waals surface area contributed by atoms with Crippen molar-refractivity contribution in [2.45, 2.75) is 19.0 Å². The lowest BCUT2D eigenvalue weighted by Gasteiger charge is -2.42. The summed E-state index contributed by atoms with van der Waals surface area (Å²) >= 11 is 5.95. The molecule has 3 aromatic rings. The Balaban J connectivity index is 1.48. The molecule has 3 heterocycles. The first-order valence-electron chi connectivity index (χ1n) is 10.1. The molecular weight excluding hydrogens is 418 g/mol. The molecule has 0 fully saturated rings. The van der Waals surface area contributed by atoms with Crippen molar-refractivity contribution in [3.8, 4) is 17.2 Å². The molecule has 1 aromatic heterocycles. The van der Waals surface area contributed by atoms with Crippen LogP contribution in [0.25, 0.3) is 0 Å². The van der Waals surface area contributed by atoms with Crippen molar-refractivity contribution in [2.75, 3.05) is 32.3 Å². The minimum atomic E-state index is -0.232. The molecule has 0 aliphatic carbocycles. The maximum absolute atomic E-state index is 13.1. The minimum Gasteiger partial charge on any atom is -0.493 e. The Kier molecular flexibility index (Phi) is 4.98. The van der Waals surface area contributed by atoms with E-state index >= 15 is 0 Å². The van der Waals surface area contributed by atoms with Crippen LogP contribution in [0.2, 0.25) is 5.02 Å². The highest BCUT2D eigenvalue weighted by Gasteiger charge is 2.36. The van der Waals surface area contributed by atoms with Crippen molar-refractivity contribution >= 4 is 17.3 Å². The molecule has 2 aliphatic rings. The van der Waals surface area contributed by atoms with Crippen LogP contribution >= 0.6 is 11.6 Å². The van der Waals surface area contributed by atoms with Gasteiger partial charge in [-0.1, -0.05) is 23.7 Å². The average molecular weight is 440 g/mol. The van der Waals surface area contributed by atoms with Crippen LogP contribution in [0.5, 0.6) is 17.2 Å². The molecule has 1 atom stereocenters. The molecular formula is C23H22ClN3O4. The molecule has 0 saturated carbocycles. The molecule has 2 aromatic carbocycles. The monoisotopic (exact) mass is 439 g/mol. The zero-order valence-corrected chi connectivity index (χ0v) is 18.1. The lowest BCUT2D eigenvalue weighted by molar-refractivity contribution is 0.251. The van der Waals surface area contributed by atoms with E-state index in [0.717, 1.165) is 35.5 Å². The molecule has 2 aliphatic heterocycles. The van der Waals surface area contributed by atoms with E-state index in [0.29, 0.717) is 29.7 Å². The Morgan fingerprint density at radius 1 is 1.16 bits per heavy atom. The average Bonchev–Trinajstić information content (AvgIpc) is 2.80. The predicted molar refractivity (Wildman–Crippen MR) is 118 cm³/mol. The second-order valence-corrected chi connectivity index (χ2v) is 8.06. The lowest BCUT2D eigenvalue weighted by Crippen LogP contribution is -2.44. The van der Waals surface area contributed by atoms with Crippen molar-refractivity contribution < 1.29 is 14.2 Å². The molecule has 0 spiro atoms. The predicted octanol–water partition coefficient (Wildman–Crippen LogP) is 3.46. The van der Waals surface area contributed by atoms with Gasteiger partial charge >= 0.3 is 5.56 Å². The molecule has 160 valence electrons. The van der Waals surface area contributed by atoms with Gasteiger partial charge < -0.3 is 19.1 Å². The quantitative estimate of drug-likeness (QED) is 0.620. The van der Waals surface area contributed by atoms with Gasteiger partial charge in [0.25, 0.3) is 0 Å². The third-order valence-electron chi connectivity index (χ3n) is 5.92. The number of halogens is 1. The van der Waals surface area contributed by atoms with Crippen molar-refractivity contribution in [3.05, 3.63) is 74.7 Å². The highest BCUT2D eigenvalue weighted by Crippen LogP contribution is 2.43. The molecule has 0 amide bonds. The summed E-state index contributed by atoms with van der Waals surface area (Å²) in [6.07, 6.45) is 2.56. The highest BCUT2D eigenvalue weighted by molar-refractivity contribution is 6.30. The van der Waals surface area contributed by atoms with Crippen LogP contribution in [0.1, 0.15) is 22.7 Å². The van der Waals surface area contributed by atoms with Crippen LogP contribution in [0.3, 0.4) is 0 Å². The Labute approximate surface area is 184 Å². The van der Waals surface area contributed by atoms with Crippen molar-refractivity contribution in [2.24, 2.45) is 0 Å². The normalized spacial score (nSPS) is 16.6. The second-order valence-electron chi connectivity index (χ2n) is 7.62. The molecule has 0 bridgehead atoms. The van der Waals surface area contributed by atoms with Crippen LogP contribution in [-0.2, 0) is 13.0 Å². The molecule has 5 rings (SSSR count). The van der Waals surface area contributed by atoms with E-state index < -0.39 is 0 Å². The highest BCUT2D eigenvalue weighted by atomic mass is 35.5. The van der Waals surface area contributed by atoms with Crippen molar-refractivity contribution in [1.82, 2.24) is 9.78 Å². The molecule has 0 saturated heterocycles. The summed E-state index contributed by atoms with van der Waals surface area (Å²) in [5.41, 5.74) is 3.77. The van der Waals surface area contributed by atoms with Gasteiger partial charge in [0.15, 0.2) is 11.5 Å².